The Morgan fingerprint density at radius 2 is 1.89 bits per heavy atom. The van der Waals surface area contributed by atoms with Crippen LogP contribution in [-0.4, -0.2) is 33.4 Å². The highest BCUT2D eigenvalue weighted by molar-refractivity contribution is 5.97. The fourth-order valence-corrected chi connectivity index (χ4v) is 3.30. The number of fused-ring (bicyclic) bond motifs is 1. The van der Waals surface area contributed by atoms with E-state index in [1.54, 1.807) is 24.3 Å². The largest absolute Gasteiger partial charge is 0.350 e. The Balaban J connectivity index is 1.92. The minimum atomic E-state index is -0.265. The highest BCUT2D eigenvalue weighted by Gasteiger charge is 2.22. The van der Waals surface area contributed by atoms with Crippen LogP contribution in [0.3, 0.4) is 0 Å². The first kappa shape index (κ1) is 18.8. The summed E-state index contributed by atoms with van der Waals surface area (Å²) in [7, 11) is 3.59. The van der Waals surface area contributed by atoms with Crippen LogP contribution in [-0.2, 0) is 13.5 Å². The fourth-order valence-electron chi connectivity index (χ4n) is 3.30. The number of carbonyl (C=O) groups excluding carboxylic acids is 1. The molecule has 3 rings (SSSR count). The van der Waals surface area contributed by atoms with Gasteiger partial charge in [-0.1, -0.05) is 11.6 Å². The summed E-state index contributed by atoms with van der Waals surface area (Å²) in [6, 6.07) is 9.61. The van der Waals surface area contributed by atoms with Crippen molar-refractivity contribution in [1.29, 1.82) is 0 Å². The summed E-state index contributed by atoms with van der Waals surface area (Å²) in [4.78, 5) is 32.0. The summed E-state index contributed by atoms with van der Waals surface area (Å²) in [5, 5.41) is 0.574. The van der Waals surface area contributed by atoms with E-state index in [4.69, 9.17) is 0 Å². The number of carbonyl (C=O) groups is 1. The maximum atomic E-state index is 13.0. The van der Waals surface area contributed by atoms with E-state index in [9.17, 15) is 9.59 Å². The van der Waals surface area contributed by atoms with Crippen LogP contribution in [0.4, 0.5) is 0 Å². The average Bonchev–Trinajstić information content (AvgIpc) is 2.63. The molecule has 3 aromatic rings. The molecular weight excluding hydrogens is 338 g/mol. The second-order valence-electron chi connectivity index (χ2n) is 7.30. The molecule has 0 bridgehead atoms. The molecule has 0 N–H and O–H groups in total. The number of aryl methyl sites for hydroxylation is 3. The third-order valence-corrected chi connectivity index (χ3v) is 5.03. The van der Waals surface area contributed by atoms with Crippen molar-refractivity contribution in [2.45, 2.75) is 33.2 Å². The summed E-state index contributed by atoms with van der Waals surface area (Å²) in [6.45, 7) is 5.93. The Morgan fingerprint density at radius 1 is 1.19 bits per heavy atom. The molecule has 27 heavy (non-hydrogen) atoms. The lowest BCUT2D eigenvalue weighted by Gasteiger charge is -2.25. The van der Waals surface area contributed by atoms with Gasteiger partial charge in [-0.2, -0.15) is 0 Å². The van der Waals surface area contributed by atoms with Crippen LogP contribution in [0.1, 0.15) is 34.1 Å². The first-order chi connectivity index (χ1) is 12.8. The van der Waals surface area contributed by atoms with Crippen LogP contribution >= 0.6 is 0 Å². The maximum Gasteiger partial charge on any atom is 0.259 e. The lowest BCUT2D eigenvalue weighted by atomic mass is 10.1. The summed E-state index contributed by atoms with van der Waals surface area (Å²) < 4.78 is 1.84. The summed E-state index contributed by atoms with van der Waals surface area (Å²) in [5.41, 5.74) is 3.87. The summed E-state index contributed by atoms with van der Waals surface area (Å²) in [5.74, 6) is -0.265. The van der Waals surface area contributed by atoms with Gasteiger partial charge >= 0.3 is 0 Å². The molecule has 0 saturated heterocycles. The number of likely N-dealkylation sites (N-methyl/N-ethyl adjacent to an activating group) is 1. The first-order valence-electron chi connectivity index (χ1n) is 9.06. The zero-order chi connectivity index (χ0) is 19.7. The van der Waals surface area contributed by atoms with Crippen LogP contribution in [0.25, 0.3) is 10.9 Å². The molecule has 0 fully saturated rings. The molecule has 5 nitrogen and oxygen atoms in total. The molecule has 0 aliphatic carbocycles. The molecule has 0 spiro atoms. The van der Waals surface area contributed by atoms with Crippen molar-refractivity contribution in [3.05, 3.63) is 75.3 Å². The first-order valence-corrected chi connectivity index (χ1v) is 9.06. The smallest absolute Gasteiger partial charge is 0.259 e. The predicted octanol–water partition coefficient (Wildman–Crippen LogP) is 3.25. The maximum absolute atomic E-state index is 13.0. The molecule has 1 aromatic carbocycles. The van der Waals surface area contributed by atoms with Crippen molar-refractivity contribution < 1.29 is 4.79 Å². The highest BCUT2D eigenvalue weighted by Crippen LogP contribution is 2.15. The van der Waals surface area contributed by atoms with Crippen molar-refractivity contribution in [3.63, 3.8) is 0 Å². The molecule has 0 saturated carbocycles. The molecule has 1 atom stereocenters. The summed E-state index contributed by atoms with van der Waals surface area (Å²) >= 11 is 0. The van der Waals surface area contributed by atoms with Crippen molar-refractivity contribution in [2.75, 3.05) is 7.05 Å². The molecule has 2 heterocycles. The van der Waals surface area contributed by atoms with Gasteiger partial charge in [0.15, 0.2) is 0 Å². The van der Waals surface area contributed by atoms with E-state index in [-0.39, 0.29) is 22.9 Å². The average molecular weight is 363 g/mol. The van der Waals surface area contributed by atoms with Gasteiger partial charge in [-0.25, -0.2) is 0 Å². The topological polar surface area (TPSA) is 55.2 Å². The molecule has 0 aliphatic rings. The fraction of sp³-hybridized carbons (Fsp3) is 0.318. The van der Waals surface area contributed by atoms with Crippen LogP contribution in [0.2, 0.25) is 0 Å². The van der Waals surface area contributed by atoms with Gasteiger partial charge in [0.1, 0.15) is 5.56 Å². The Hall–Kier alpha value is -2.95. The van der Waals surface area contributed by atoms with Gasteiger partial charge < -0.3 is 9.47 Å². The third kappa shape index (κ3) is 3.77. The number of nitrogens with zero attached hydrogens (tertiary/aromatic N) is 3. The van der Waals surface area contributed by atoms with Crippen molar-refractivity contribution in [1.82, 2.24) is 14.5 Å². The van der Waals surface area contributed by atoms with Gasteiger partial charge in [0.25, 0.3) is 5.91 Å². The Kier molecular flexibility index (Phi) is 5.13. The van der Waals surface area contributed by atoms with Crippen molar-refractivity contribution >= 4 is 16.8 Å². The van der Waals surface area contributed by atoms with E-state index in [1.807, 2.05) is 62.7 Å². The zero-order valence-corrected chi connectivity index (χ0v) is 16.5. The monoisotopic (exact) mass is 363 g/mol. The lowest BCUT2D eigenvalue weighted by molar-refractivity contribution is 0.0741. The van der Waals surface area contributed by atoms with Crippen LogP contribution in [0.5, 0.6) is 0 Å². The quantitative estimate of drug-likeness (QED) is 0.715. The lowest BCUT2D eigenvalue weighted by Crippen LogP contribution is -2.39. The molecule has 1 amide bonds. The van der Waals surface area contributed by atoms with Gasteiger partial charge in [0.2, 0.25) is 5.43 Å². The number of rotatable bonds is 4. The van der Waals surface area contributed by atoms with Gasteiger partial charge in [-0.15, -0.1) is 0 Å². The molecular formula is C22H25N3O2. The van der Waals surface area contributed by atoms with Crippen molar-refractivity contribution in [2.24, 2.45) is 7.05 Å². The van der Waals surface area contributed by atoms with E-state index >= 15 is 0 Å². The summed E-state index contributed by atoms with van der Waals surface area (Å²) in [6.07, 6.45) is 4.05. The number of hydrogen-bond acceptors (Lipinski definition) is 3. The van der Waals surface area contributed by atoms with Gasteiger partial charge in [0.05, 0.1) is 5.52 Å². The molecule has 0 aliphatic heterocycles. The number of pyridine rings is 2. The normalized spacial score (nSPS) is 12.2. The Labute approximate surface area is 159 Å². The van der Waals surface area contributed by atoms with E-state index in [2.05, 4.69) is 4.98 Å². The molecule has 2 aromatic heterocycles. The number of hydrogen-bond donors (Lipinski definition) is 0. The van der Waals surface area contributed by atoms with Crippen LogP contribution in [0.15, 0.2) is 47.5 Å². The van der Waals surface area contributed by atoms with Crippen LogP contribution < -0.4 is 5.43 Å². The zero-order valence-electron chi connectivity index (χ0n) is 16.5. The van der Waals surface area contributed by atoms with Crippen molar-refractivity contribution in [3.8, 4) is 0 Å². The molecule has 140 valence electrons. The SMILES string of the molecule is Cc1ccnc(C[C@@H](C)N(C)C(=O)c2cn(C)c3ccc(C)cc3c2=O)c1. The minimum absolute atomic E-state index is 0.0790. The van der Waals surface area contributed by atoms with Gasteiger partial charge in [-0.3, -0.25) is 14.6 Å². The van der Waals surface area contributed by atoms with E-state index < -0.39 is 0 Å². The number of benzene rings is 1. The van der Waals surface area contributed by atoms with Crippen LogP contribution in [0, 0.1) is 13.8 Å². The predicted molar refractivity (Wildman–Crippen MR) is 108 cm³/mol. The second-order valence-corrected chi connectivity index (χ2v) is 7.30. The standard InChI is InChI=1S/C22H25N3O2/c1-14-6-7-20-18(11-14)21(26)19(13-24(20)4)22(27)25(5)16(3)12-17-10-15(2)8-9-23-17/h6-11,13,16H,12H2,1-5H3/t16-/m1/s1. The van der Waals surface area contributed by atoms with Gasteiger partial charge in [0, 0.05) is 50.0 Å². The van der Waals surface area contributed by atoms with E-state index in [1.165, 1.54) is 0 Å². The number of aromatic nitrogens is 2. The van der Waals surface area contributed by atoms with E-state index in [0.29, 0.717) is 11.8 Å². The van der Waals surface area contributed by atoms with E-state index in [0.717, 1.165) is 22.3 Å². The minimum Gasteiger partial charge on any atom is -0.350 e. The van der Waals surface area contributed by atoms with Gasteiger partial charge in [-0.05, 0) is 50.6 Å². The molecule has 0 radical (unpaired) electrons. The second kappa shape index (κ2) is 7.35. The number of amides is 1. The Bertz CT molecular complexity index is 1070. The Morgan fingerprint density at radius 3 is 2.59 bits per heavy atom. The highest BCUT2D eigenvalue weighted by atomic mass is 16.2. The third-order valence-electron chi connectivity index (χ3n) is 5.03. The molecule has 5 heteroatoms. The molecule has 0 unspecified atom stereocenters.